The van der Waals surface area contributed by atoms with Crippen LogP contribution in [-0.2, 0) is 0 Å². The Balaban J connectivity index is 2.64. The van der Waals surface area contributed by atoms with Crippen LogP contribution < -0.4 is 10.1 Å². The summed E-state index contributed by atoms with van der Waals surface area (Å²) in [6.07, 6.45) is 4.28. The number of allylic oxidation sites excluding steroid dienone is 1. The van der Waals surface area contributed by atoms with E-state index in [2.05, 4.69) is 31.3 Å². The van der Waals surface area contributed by atoms with E-state index in [0.29, 0.717) is 0 Å². The lowest BCUT2D eigenvalue weighted by Crippen LogP contribution is -2.28. The summed E-state index contributed by atoms with van der Waals surface area (Å²) in [5.74, 6) is 0.950. The zero-order chi connectivity index (χ0) is 11.8. The van der Waals surface area contributed by atoms with Crippen molar-refractivity contribution in [3.63, 3.8) is 0 Å². The molecule has 0 amide bonds. The molecule has 1 atom stereocenters. The zero-order valence-corrected chi connectivity index (χ0v) is 10.4. The standard InChI is InChI=1S/C14H21NO/c1-4-8-13-9-6-7-10-14(13)16-12(3)11-15-5-2/h4,6-10,12,15H,5,11H2,1-3H3. The van der Waals surface area contributed by atoms with Crippen molar-refractivity contribution in [3.8, 4) is 5.75 Å². The van der Waals surface area contributed by atoms with Gasteiger partial charge in [0.15, 0.2) is 0 Å². The summed E-state index contributed by atoms with van der Waals surface area (Å²) in [5.41, 5.74) is 1.13. The van der Waals surface area contributed by atoms with Gasteiger partial charge in [-0.3, -0.25) is 0 Å². The molecule has 1 rings (SSSR count). The number of nitrogens with one attached hydrogen (secondary N) is 1. The monoisotopic (exact) mass is 219 g/mol. The van der Waals surface area contributed by atoms with Crippen LogP contribution in [0.3, 0.4) is 0 Å². The first kappa shape index (κ1) is 12.8. The van der Waals surface area contributed by atoms with E-state index in [-0.39, 0.29) is 6.10 Å². The normalized spacial score (nSPS) is 12.9. The highest BCUT2D eigenvalue weighted by atomic mass is 16.5. The maximum Gasteiger partial charge on any atom is 0.126 e. The van der Waals surface area contributed by atoms with Crippen molar-refractivity contribution in [2.45, 2.75) is 26.9 Å². The lowest BCUT2D eigenvalue weighted by molar-refractivity contribution is 0.218. The molecule has 88 valence electrons. The topological polar surface area (TPSA) is 21.3 Å². The molecule has 0 aliphatic heterocycles. The minimum Gasteiger partial charge on any atom is -0.489 e. The minimum atomic E-state index is 0.186. The molecule has 0 aromatic heterocycles. The van der Waals surface area contributed by atoms with Crippen LogP contribution in [-0.4, -0.2) is 19.2 Å². The van der Waals surface area contributed by atoms with Gasteiger partial charge < -0.3 is 10.1 Å². The van der Waals surface area contributed by atoms with Gasteiger partial charge in [0.25, 0.3) is 0 Å². The van der Waals surface area contributed by atoms with Gasteiger partial charge in [0.1, 0.15) is 11.9 Å². The maximum atomic E-state index is 5.89. The highest BCUT2D eigenvalue weighted by Gasteiger charge is 2.05. The molecule has 0 bridgehead atoms. The predicted octanol–water partition coefficient (Wildman–Crippen LogP) is 3.10. The maximum absolute atomic E-state index is 5.89. The molecule has 0 saturated heterocycles. The molecule has 16 heavy (non-hydrogen) atoms. The highest BCUT2D eigenvalue weighted by molar-refractivity contribution is 5.56. The smallest absolute Gasteiger partial charge is 0.126 e. The first-order chi connectivity index (χ1) is 7.77. The second-order valence-corrected chi connectivity index (χ2v) is 3.77. The molecule has 0 saturated carbocycles. The molecule has 2 nitrogen and oxygen atoms in total. The molecule has 0 fully saturated rings. The Morgan fingerprint density at radius 1 is 1.38 bits per heavy atom. The Hall–Kier alpha value is -1.28. The molecule has 0 heterocycles. The predicted molar refractivity (Wildman–Crippen MR) is 69.8 cm³/mol. The molecule has 1 aromatic rings. The first-order valence-corrected chi connectivity index (χ1v) is 5.87. The van der Waals surface area contributed by atoms with Crippen molar-refractivity contribution >= 4 is 6.08 Å². The summed E-state index contributed by atoms with van der Waals surface area (Å²) in [6.45, 7) is 8.04. The molecular formula is C14H21NO. The lowest BCUT2D eigenvalue weighted by atomic mass is 10.2. The van der Waals surface area contributed by atoms with Crippen molar-refractivity contribution in [2.24, 2.45) is 0 Å². The third-order valence-corrected chi connectivity index (χ3v) is 2.28. The Kier molecular flexibility index (Phi) is 5.65. The molecule has 0 aliphatic rings. The van der Waals surface area contributed by atoms with E-state index in [1.807, 2.05) is 31.2 Å². The number of likely N-dealkylation sites (N-methyl/N-ethyl adjacent to an activating group) is 1. The SMILES string of the molecule is CC=Cc1ccccc1OC(C)CNCC. The Morgan fingerprint density at radius 2 is 2.12 bits per heavy atom. The molecule has 1 N–H and O–H groups in total. The Morgan fingerprint density at radius 3 is 2.81 bits per heavy atom. The molecule has 0 aliphatic carbocycles. The summed E-state index contributed by atoms with van der Waals surface area (Å²) in [7, 11) is 0. The summed E-state index contributed by atoms with van der Waals surface area (Å²) in [4.78, 5) is 0. The van der Waals surface area contributed by atoms with Gasteiger partial charge in [0.2, 0.25) is 0 Å². The van der Waals surface area contributed by atoms with Crippen LogP contribution >= 0.6 is 0 Å². The fraction of sp³-hybridized carbons (Fsp3) is 0.429. The van der Waals surface area contributed by atoms with Crippen molar-refractivity contribution < 1.29 is 4.74 Å². The summed E-state index contributed by atoms with van der Waals surface area (Å²) < 4.78 is 5.89. The van der Waals surface area contributed by atoms with Crippen LogP contribution in [0.4, 0.5) is 0 Å². The van der Waals surface area contributed by atoms with E-state index >= 15 is 0 Å². The number of hydrogen-bond donors (Lipinski definition) is 1. The van der Waals surface area contributed by atoms with Crippen LogP contribution in [0.25, 0.3) is 6.08 Å². The number of benzene rings is 1. The molecule has 0 spiro atoms. The van der Waals surface area contributed by atoms with Gasteiger partial charge in [-0.05, 0) is 26.5 Å². The van der Waals surface area contributed by atoms with E-state index in [1.165, 1.54) is 0 Å². The van der Waals surface area contributed by atoms with Crippen molar-refractivity contribution in [1.29, 1.82) is 0 Å². The lowest BCUT2D eigenvalue weighted by Gasteiger charge is -2.16. The van der Waals surface area contributed by atoms with Gasteiger partial charge >= 0.3 is 0 Å². The third-order valence-electron chi connectivity index (χ3n) is 2.28. The average Bonchev–Trinajstić information content (AvgIpc) is 2.29. The summed E-state index contributed by atoms with van der Waals surface area (Å²) in [5, 5.41) is 3.28. The van der Waals surface area contributed by atoms with Gasteiger partial charge in [0.05, 0.1) is 0 Å². The first-order valence-electron chi connectivity index (χ1n) is 5.87. The number of para-hydroxylation sites is 1. The fourth-order valence-corrected chi connectivity index (χ4v) is 1.51. The fourth-order valence-electron chi connectivity index (χ4n) is 1.51. The van der Waals surface area contributed by atoms with Crippen molar-refractivity contribution in [2.75, 3.05) is 13.1 Å². The Bertz CT molecular complexity index is 333. The molecule has 0 radical (unpaired) electrons. The van der Waals surface area contributed by atoms with Crippen LogP contribution in [0, 0.1) is 0 Å². The van der Waals surface area contributed by atoms with Gasteiger partial charge in [0, 0.05) is 12.1 Å². The van der Waals surface area contributed by atoms with Crippen molar-refractivity contribution in [1.82, 2.24) is 5.32 Å². The summed E-state index contributed by atoms with van der Waals surface area (Å²) in [6, 6.07) is 8.10. The van der Waals surface area contributed by atoms with Gasteiger partial charge in [-0.25, -0.2) is 0 Å². The van der Waals surface area contributed by atoms with E-state index < -0.39 is 0 Å². The summed E-state index contributed by atoms with van der Waals surface area (Å²) >= 11 is 0. The van der Waals surface area contributed by atoms with Crippen molar-refractivity contribution in [3.05, 3.63) is 35.9 Å². The van der Waals surface area contributed by atoms with Gasteiger partial charge in [-0.2, -0.15) is 0 Å². The molecule has 1 unspecified atom stereocenters. The van der Waals surface area contributed by atoms with E-state index in [0.717, 1.165) is 24.4 Å². The van der Waals surface area contributed by atoms with Crippen LogP contribution in [0.2, 0.25) is 0 Å². The average molecular weight is 219 g/mol. The highest BCUT2D eigenvalue weighted by Crippen LogP contribution is 2.20. The minimum absolute atomic E-state index is 0.186. The van der Waals surface area contributed by atoms with E-state index in [1.54, 1.807) is 0 Å². The number of hydrogen-bond acceptors (Lipinski definition) is 2. The quantitative estimate of drug-likeness (QED) is 0.793. The van der Waals surface area contributed by atoms with E-state index in [9.17, 15) is 0 Å². The van der Waals surface area contributed by atoms with Gasteiger partial charge in [-0.1, -0.05) is 37.3 Å². The largest absolute Gasteiger partial charge is 0.489 e. The van der Waals surface area contributed by atoms with Crippen LogP contribution in [0.15, 0.2) is 30.3 Å². The second kappa shape index (κ2) is 7.07. The molecular weight excluding hydrogens is 198 g/mol. The van der Waals surface area contributed by atoms with Crippen LogP contribution in [0.1, 0.15) is 26.3 Å². The molecule has 2 heteroatoms. The second-order valence-electron chi connectivity index (χ2n) is 3.77. The number of ether oxygens (including phenoxy) is 1. The molecule has 1 aromatic carbocycles. The Labute approximate surface area is 98.3 Å². The third kappa shape index (κ3) is 4.07. The number of rotatable bonds is 6. The zero-order valence-electron chi connectivity index (χ0n) is 10.4. The van der Waals surface area contributed by atoms with E-state index in [4.69, 9.17) is 4.74 Å². The van der Waals surface area contributed by atoms with Crippen LogP contribution in [0.5, 0.6) is 5.75 Å². The van der Waals surface area contributed by atoms with Gasteiger partial charge in [-0.15, -0.1) is 0 Å².